The molecule has 0 radical (unpaired) electrons. The van der Waals surface area contributed by atoms with Crippen molar-refractivity contribution in [3.8, 4) is 10.6 Å². The summed E-state index contributed by atoms with van der Waals surface area (Å²) in [5, 5.41) is 4.98. The fourth-order valence-electron chi connectivity index (χ4n) is 2.43. The lowest BCUT2D eigenvalue weighted by Gasteiger charge is -2.09. The van der Waals surface area contributed by atoms with Gasteiger partial charge in [-0.3, -0.25) is 4.79 Å². The summed E-state index contributed by atoms with van der Waals surface area (Å²) in [7, 11) is 1.63. The summed E-state index contributed by atoms with van der Waals surface area (Å²) in [6, 6.07) is 14.1. The molecule has 1 amide bonds. The van der Waals surface area contributed by atoms with Crippen LogP contribution in [0.2, 0.25) is 0 Å². The lowest BCUT2D eigenvalue weighted by atomic mass is 10.1. The van der Waals surface area contributed by atoms with Gasteiger partial charge in [-0.25, -0.2) is 9.37 Å². The van der Waals surface area contributed by atoms with Crippen LogP contribution in [0.4, 0.5) is 4.39 Å². The fraction of sp³-hybridized carbons (Fsp3) is 0.158. The second-order valence-electron chi connectivity index (χ2n) is 5.40. The molecule has 1 N–H and O–H groups in total. The molecule has 128 valence electrons. The summed E-state index contributed by atoms with van der Waals surface area (Å²) >= 11 is 1.25. The van der Waals surface area contributed by atoms with Crippen LogP contribution in [0.1, 0.15) is 21.6 Å². The predicted molar refractivity (Wildman–Crippen MR) is 95.8 cm³/mol. The Kier molecular flexibility index (Phi) is 5.53. The lowest BCUT2D eigenvalue weighted by molar-refractivity contribution is 0.0946. The van der Waals surface area contributed by atoms with Crippen LogP contribution in [-0.2, 0) is 17.9 Å². The SMILES string of the molecule is COCc1ccccc1CNC(=O)c1csc(-c2ccccc2F)n1. The number of nitrogens with one attached hydrogen (secondary N) is 1. The van der Waals surface area contributed by atoms with Crippen molar-refractivity contribution in [3.63, 3.8) is 0 Å². The number of carbonyl (C=O) groups excluding carboxylic acids is 1. The van der Waals surface area contributed by atoms with Gasteiger partial charge >= 0.3 is 0 Å². The number of rotatable bonds is 6. The maximum absolute atomic E-state index is 13.8. The van der Waals surface area contributed by atoms with Crippen molar-refractivity contribution in [1.29, 1.82) is 0 Å². The van der Waals surface area contributed by atoms with Crippen LogP contribution in [0, 0.1) is 5.82 Å². The number of aromatic nitrogens is 1. The number of carbonyl (C=O) groups is 1. The Bertz CT molecular complexity index is 879. The Hall–Kier alpha value is -2.57. The van der Waals surface area contributed by atoms with Crippen LogP contribution in [-0.4, -0.2) is 18.0 Å². The first-order chi connectivity index (χ1) is 12.2. The van der Waals surface area contributed by atoms with Crippen LogP contribution in [0.3, 0.4) is 0 Å². The molecule has 0 atom stereocenters. The number of amides is 1. The van der Waals surface area contributed by atoms with E-state index in [1.807, 2.05) is 24.3 Å². The van der Waals surface area contributed by atoms with Gasteiger partial charge in [0, 0.05) is 24.6 Å². The number of ether oxygens (including phenoxy) is 1. The van der Waals surface area contributed by atoms with E-state index in [2.05, 4.69) is 10.3 Å². The van der Waals surface area contributed by atoms with Crippen LogP contribution >= 0.6 is 11.3 Å². The van der Waals surface area contributed by atoms with Crippen molar-refractivity contribution in [3.05, 3.63) is 76.5 Å². The van der Waals surface area contributed by atoms with Gasteiger partial charge < -0.3 is 10.1 Å². The Morgan fingerprint density at radius 1 is 1.16 bits per heavy atom. The fourth-order valence-corrected chi connectivity index (χ4v) is 3.26. The zero-order valence-electron chi connectivity index (χ0n) is 13.7. The monoisotopic (exact) mass is 356 g/mol. The van der Waals surface area contributed by atoms with Crippen molar-refractivity contribution < 1.29 is 13.9 Å². The summed E-state index contributed by atoms with van der Waals surface area (Å²) in [6.45, 7) is 0.866. The number of thiazole rings is 1. The molecule has 6 heteroatoms. The molecular formula is C19H17FN2O2S. The molecule has 3 aromatic rings. The summed E-state index contributed by atoms with van der Waals surface area (Å²) in [5.74, 6) is -0.636. The van der Waals surface area contributed by atoms with E-state index in [4.69, 9.17) is 4.74 Å². The van der Waals surface area contributed by atoms with Crippen molar-refractivity contribution in [2.45, 2.75) is 13.2 Å². The van der Waals surface area contributed by atoms with Crippen LogP contribution in [0.15, 0.2) is 53.9 Å². The average Bonchev–Trinajstić information content (AvgIpc) is 3.11. The summed E-state index contributed by atoms with van der Waals surface area (Å²) < 4.78 is 19.0. The van der Waals surface area contributed by atoms with Crippen LogP contribution in [0.5, 0.6) is 0 Å². The highest BCUT2D eigenvalue weighted by atomic mass is 32.1. The van der Waals surface area contributed by atoms with Crippen molar-refractivity contribution in [2.75, 3.05) is 7.11 Å². The maximum atomic E-state index is 13.8. The Morgan fingerprint density at radius 3 is 2.64 bits per heavy atom. The minimum Gasteiger partial charge on any atom is -0.380 e. The summed E-state index contributed by atoms with van der Waals surface area (Å²) in [5.41, 5.74) is 2.70. The van der Waals surface area contributed by atoms with Gasteiger partial charge in [0.05, 0.1) is 6.61 Å². The second-order valence-corrected chi connectivity index (χ2v) is 6.26. The molecule has 3 rings (SSSR count). The van der Waals surface area contributed by atoms with E-state index in [1.54, 1.807) is 30.7 Å². The Morgan fingerprint density at radius 2 is 1.88 bits per heavy atom. The zero-order chi connectivity index (χ0) is 17.6. The molecule has 4 nitrogen and oxygen atoms in total. The molecular weight excluding hydrogens is 339 g/mol. The van der Waals surface area contributed by atoms with Crippen LogP contribution in [0.25, 0.3) is 10.6 Å². The molecule has 0 spiro atoms. The van der Waals surface area contributed by atoms with Gasteiger partial charge in [-0.2, -0.15) is 0 Å². The molecule has 0 unspecified atom stereocenters. The first-order valence-corrected chi connectivity index (χ1v) is 8.61. The van der Waals surface area contributed by atoms with Crippen molar-refractivity contribution in [2.24, 2.45) is 0 Å². The molecule has 0 aliphatic rings. The molecule has 0 aliphatic heterocycles. The molecule has 2 aromatic carbocycles. The molecule has 25 heavy (non-hydrogen) atoms. The van der Waals surface area contributed by atoms with Gasteiger partial charge in [0.2, 0.25) is 0 Å². The zero-order valence-corrected chi connectivity index (χ0v) is 14.5. The highest BCUT2D eigenvalue weighted by Gasteiger charge is 2.14. The normalized spacial score (nSPS) is 10.6. The molecule has 0 aliphatic carbocycles. The molecule has 0 saturated carbocycles. The highest BCUT2D eigenvalue weighted by molar-refractivity contribution is 7.13. The maximum Gasteiger partial charge on any atom is 0.271 e. The predicted octanol–water partition coefficient (Wildman–Crippen LogP) is 4.03. The number of halogens is 1. The van der Waals surface area contributed by atoms with E-state index in [9.17, 15) is 9.18 Å². The minimum atomic E-state index is -0.350. The molecule has 0 fully saturated rings. The topological polar surface area (TPSA) is 51.2 Å². The van der Waals surface area contributed by atoms with Crippen molar-refractivity contribution in [1.82, 2.24) is 10.3 Å². The Labute approximate surface area is 149 Å². The number of benzene rings is 2. The van der Waals surface area contributed by atoms with Gasteiger partial charge in [0.15, 0.2) is 0 Å². The first-order valence-electron chi connectivity index (χ1n) is 7.73. The van der Waals surface area contributed by atoms with Crippen LogP contribution < -0.4 is 5.32 Å². The van der Waals surface area contributed by atoms with Gasteiger partial charge in [-0.05, 0) is 23.3 Å². The highest BCUT2D eigenvalue weighted by Crippen LogP contribution is 2.26. The van der Waals surface area contributed by atoms with Crippen molar-refractivity contribution >= 4 is 17.2 Å². The minimum absolute atomic E-state index is 0.285. The third-order valence-corrected chi connectivity index (χ3v) is 4.57. The third-order valence-electron chi connectivity index (χ3n) is 3.70. The Balaban J connectivity index is 1.70. The number of nitrogens with zero attached hydrogens (tertiary/aromatic N) is 1. The van der Waals surface area contributed by atoms with E-state index in [0.717, 1.165) is 11.1 Å². The van der Waals surface area contributed by atoms with E-state index in [0.29, 0.717) is 23.7 Å². The number of hydrogen-bond acceptors (Lipinski definition) is 4. The largest absolute Gasteiger partial charge is 0.380 e. The van der Waals surface area contributed by atoms with Gasteiger partial charge in [-0.1, -0.05) is 36.4 Å². The molecule has 1 aromatic heterocycles. The second kappa shape index (κ2) is 8.00. The lowest BCUT2D eigenvalue weighted by Crippen LogP contribution is -2.23. The van der Waals surface area contributed by atoms with Gasteiger partial charge in [0.1, 0.15) is 16.5 Å². The third kappa shape index (κ3) is 4.10. The van der Waals surface area contributed by atoms with E-state index >= 15 is 0 Å². The summed E-state index contributed by atoms with van der Waals surface area (Å²) in [4.78, 5) is 16.6. The smallest absolute Gasteiger partial charge is 0.271 e. The van der Waals surface area contributed by atoms with E-state index < -0.39 is 0 Å². The number of methoxy groups -OCH3 is 1. The van der Waals surface area contributed by atoms with E-state index in [-0.39, 0.29) is 17.4 Å². The van der Waals surface area contributed by atoms with Gasteiger partial charge in [0.25, 0.3) is 5.91 Å². The standard InChI is InChI=1S/C19H17FN2O2S/c1-24-11-14-7-3-2-6-13(14)10-21-18(23)17-12-25-19(22-17)15-8-4-5-9-16(15)20/h2-9,12H,10-11H2,1H3,(H,21,23). The molecule has 1 heterocycles. The average molecular weight is 356 g/mol. The molecule has 0 saturated heterocycles. The first kappa shape index (κ1) is 17.3. The van der Waals surface area contributed by atoms with E-state index in [1.165, 1.54) is 17.4 Å². The molecule has 0 bridgehead atoms. The number of hydrogen-bond donors (Lipinski definition) is 1. The van der Waals surface area contributed by atoms with Gasteiger partial charge in [-0.15, -0.1) is 11.3 Å². The quantitative estimate of drug-likeness (QED) is 0.726. The summed E-state index contributed by atoms with van der Waals surface area (Å²) in [6.07, 6.45) is 0.